The zero-order chi connectivity index (χ0) is 18.8. The van der Waals surface area contributed by atoms with Crippen LogP contribution in [0.1, 0.15) is 34.1 Å². The van der Waals surface area contributed by atoms with Gasteiger partial charge in [0.05, 0.1) is 28.8 Å². The van der Waals surface area contributed by atoms with Crippen molar-refractivity contribution in [3.8, 4) is 11.3 Å². The van der Waals surface area contributed by atoms with Crippen LogP contribution in [-0.4, -0.2) is 49.0 Å². The van der Waals surface area contributed by atoms with E-state index in [4.69, 9.17) is 9.51 Å². The summed E-state index contributed by atoms with van der Waals surface area (Å²) < 4.78 is 5.23. The van der Waals surface area contributed by atoms with E-state index in [9.17, 15) is 4.79 Å². The molecule has 4 heterocycles. The number of carbonyl (C=O) groups is 1. The lowest BCUT2D eigenvalue weighted by molar-refractivity contribution is 0.0781. The van der Waals surface area contributed by atoms with Crippen molar-refractivity contribution in [2.45, 2.75) is 26.7 Å². The van der Waals surface area contributed by atoms with E-state index in [2.05, 4.69) is 20.1 Å². The van der Waals surface area contributed by atoms with Crippen LogP contribution >= 0.6 is 0 Å². The van der Waals surface area contributed by atoms with Gasteiger partial charge >= 0.3 is 0 Å². The average molecular weight is 364 g/mol. The minimum Gasteiger partial charge on any atom is -0.361 e. The highest BCUT2D eigenvalue weighted by atomic mass is 16.5. The van der Waals surface area contributed by atoms with Crippen LogP contribution in [0.5, 0.6) is 0 Å². The summed E-state index contributed by atoms with van der Waals surface area (Å²) in [7, 11) is 0. The zero-order valence-corrected chi connectivity index (χ0v) is 15.3. The summed E-state index contributed by atoms with van der Waals surface area (Å²) >= 11 is 0. The van der Waals surface area contributed by atoms with Gasteiger partial charge in [0.25, 0.3) is 5.91 Å². The number of hydrogen-bond donors (Lipinski definition) is 0. The minimum atomic E-state index is -0.0459. The Morgan fingerprint density at radius 2 is 2.19 bits per heavy atom. The molecule has 0 aliphatic carbocycles. The van der Waals surface area contributed by atoms with E-state index in [1.807, 2.05) is 18.7 Å². The maximum Gasteiger partial charge on any atom is 0.272 e. The molecular formula is C19H20N6O2. The van der Waals surface area contributed by atoms with Crippen molar-refractivity contribution >= 4 is 5.91 Å². The number of hydrogen-bond acceptors (Lipinski definition) is 7. The van der Waals surface area contributed by atoms with E-state index >= 15 is 0 Å². The van der Waals surface area contributed by atoms with Gasteiger partial charge in [-0.05, 0) is 38.7 Å². The molecule has 1 aliphatic rings. The summed E-state index contributed by atoms with van der Waals surface area (Å²) in [6.45, 7) is 5.19. The second kappa shape index (κ2) is 7.22. The summed E-state index contributed by atoms with van der Waals surface area (Å²) in [6.07, 6.45) is 8.22. The molecule has 1 atom stereocenters. The Morgan fingerprint density at radius 3 is 2.93 bits per heavy atom. The third-order valence-electron chi connectivity index (χ3n) is 4.85. The molecule has 8 heteroatoms. The Balaban J connectivity index is 1.45. The first kappa shape index (κ1) is 17.3. The van der Waals surface area contributed by atoms with Crippen LogP contribution in [0.2, 0.25) is 0 Å². The van der Waals surface area contributed by atoms with Gasteiger partial charge in [0.15, 0.2) is 0 Å². The molecule has 0 unspecified atom stereocenters. The molecule has 0 spiro atoms. The molecule has 8 nitrogen and oxygen atoms in total. The molecule has 0 aromatic carbocycles. The summed E-state index contributed by atoms with van der Waals surface area (Å²) in [4.78, 5) is 31.4. The van der Waals surface area contributed by atoms with Gasteiger partial charge in [0.1, 0.15) is 17.8 Å². The predicted octanol–water partition coefficient (Wildman–Crippen LogP) is 2.24. The van der Waals surface area contributed by atoms with Crippen molar-refractivity contribution in [2.24, 2.45) is 5.92 Å². The van der Waals surface area contributed by atoms with Gasteiger partial charge in [-0.3, -0.25) is 9.78 Å². The normalized spacial score (nSPS) is 16.7. The Morgan fingerprint density at radius 1 is 1.30 bits per heavy atom. The minimum absolute atomic E-state index is 0.0459. The van der Waals surface area contributed by atoms with E-state index in [0.717, 1.165) is 47.8 Å². The first-order chi connectivity index (χ1) is 13.1. The monoisotopic (exact) mass is 364 g/mol. The number of rotatable bonds is 4. The van der Waals surface area contributed by atoms with Crippen molar-refractivity contribution in [1.29, 1.82) is 0 Å². The maximum absolute atomic E-state index is 12.5. The van der Waals surface area contributed by atoms with Gasteiger partial charge in [-0.1, -0.05) is 5.16 Å². The molecule has 0 radical (unpaired) electrons. The zero-order valence-electron chi connectivity index (χ0n) is 15.3. The fraction of sp³-hybridized carbons (Fsp3) is 0.368. The molecule has 0 N–H and O–H groups in total. The molecule has 0 saturated carbocycles. The SMILES string of the molecule is Cc1noc(C)c1-c1cncc(C[C@H]2CCN(C(=O)c3ccncn3)C2)n1. The Labute approximate surface area is 156 Å². The van der Waals surface area contributed by atoms with Crippen LogP contribution in [0.4, 0.5) is 0 Å². The second-order valence-electron chi connectivity index (χ2n) is 6.80. The van der Waals surface area contributed by atoms with Crippen LogP contribution < -0.4 is 0 Å². The Kier molecular flexibility index (Phi) is 4.62. The van der Waals surface area contributed by atoms with Gasteiger partial charge in [-0.25, -0.2) is 15.0 Å². The summed E-state index contributed by atoms with van der Waals surface area (Å²) in [6, 6.07) is 1.65. The molecule has 0 bridgehead atoms. The maximum atomic E-state index is 12.5. The summed E-state index contributed by atoms with van der Waals surface area (Å²) in [5, 5.41) is 3.99. The lowest BCUT2D eigenvalue weighted by Gasteiger charge is -2.15. The van der Waals surface area contributed by atoms with E-state index < -0.39 is 0 Å². The van der Waals surface area contributed by atoms with Gasteiger partial charge in [-0.15, -0.1) is 0 Å². The highest BCUT2D eigenvalue weighted by Gasteiger charge is 2.28. The topological polar surface area (TPSA) is 97.9 Å². The van der Waals surface area contributed by atoms with Crippen molar-refractivity contribution in [3.63, 3.8) is 0 Å². The van der Waals surface area contributed by atoms with Crippen LogP contribution in [0.3, 0.4) is 0 Å². The third kappa shape index (κ3) is 3.55. The molecule has 3 aromatic heterocycles. The largest absolute Gasteiger partial charge is 0.361 e. The van der Waals surface area contributed by atoms with Crippen LogP contribution in [0.15, 0.2) is 35.5 Å². The van der Waals surface area contributed by atoms with Crippen molar-refractivity contribution in [1.82, 2.24) is 30.0 Å². The fourth-order valence-electron chi connectivity index (χ4n) is 3.53. The predicted molar refractivity (Wildman–Crippen MR) is 96.7 cm³/mol. The number of amides is 1. The lowest BCUT2D eigenvalue weighted by Crippen LogP contribution is -2.29. The molecule has 1 fully saturated rings. The standard InChI is InChI=1S/C19H20N6O2/c1-12-18(13(2)27-24-12)17-9-21-8-15(23-17)7-14-4-6-25(10-14)19(26)16-3-5-20-11-22-16/h3,5,8-9,11,14H,4,6-7,10H2,1-2H3/t14-/m1/s1. The van der Waals surface area contributed by atoms with E-state index in [1.54, 1.807) is 24.7 Å². The van der Waals surface area contributed by atoms with Crippen molar-refractivity contribution in [3.05, 3.63) is 53.8 Å². The Bertz CT molecular complexity index is 936. The van der Waals surface area contributed by atoms with E-state index in [-0.39, 0.29) is 5.91 Å². The quantitative estimate of drug-likeness (QED) is 0.700. The Hall–Kier alpha value is -3.16. The highest BCUT2D eigenvalue weighted by Crippen LogP contribution is 2.26. The summed E-state index contributed by atoms with van der Waals surface area (Å²) in [5.41, 5.74) is 3.83. The van der Waals surface area contributed by atoms with E-state index in [0.29, 0.717) is 18.2 Å². The molecule has 27 heavy (non-hydrogen) atoms. The number of nitrogens with zero attached hydrogens (tertiary/aromatic N) is 6. The van der Waals surface area contributed by atoms with Gasteiger partial charge in [0.2, 0.25) is 0 Å². The van der Waals surface area contributed by atoms with Gasteiger partial charge in [0, 0.05) is 25.5 Å². The van der Waals surface area contributed by atoms with E-state index in [1.165, 1.54) is 6.33 Å². The molecule has 1 saturated heterocycles. The third-order valence-corrected chi connectivity index (χ3v) is 4.85. The summed E-state index contributed by atoms with van der Waals surface area (Å²) in [5.74, 6) is 1.04. The first-order valence-corrected chi connectivity index (χ1v) is 8.91. The van der Waals surface area contributed by atoms with Gasteiger partial charge in [-0.2, -0.15) is 0 Å². The highest BCUT2D eigenvalue weighted by molar-refractivity contribution is 5.92. The second-order valence-corrected chi connectivity index (χ2v) is 6.80. The number of carbonyl (C=O) groups excluding carboxylic acids is 1. The number of aromatic nitrogens is 5. The smallest absolute Gasteiger partial charge is 0.272 e. The van der Waals surface area contributed by atoms with Crippen molar-refractivity contribution < 1.29 is 9.32 Å². The first-order valence-electron chi connectivity index (χ1n) is 8.91. The molecular weight excluding hydrogens is 344 g/mol. The van der Waals surface area contributed by atoms with Crippen LogP contribution in [0, 0.1) is 19.8 Å². The van der Waals surface area contributed by atoms with Crippen LogP contribution in [0.25, 0.3) is 11.3 Å². The molecule has 4 rings (SSSR count). The number of aryl methyl sites for hydroxylation is 2. The molecule has 3 aromatic rings. The molecule has 1 amide bonds. The van der Waals surface area contributed by atoms with Crippen molar-refractivity contribution in [2.75, 3.05) is 13.1 Å². The van der Waals surface area contributed by atoms with Crippen LogP contribution in [-0.2, 0) is 6.42 Å². The van der Waals surface area contributed by atoms with Gasteiger partial charge < -0.3 is 9.42 Å². The molecule has 138 valence electrons. The number of likely N-dealkylation sites (tertiary alicyclic amines) is 1. The fourth-order valence-corrected chi connectivity index (χ4v) is 3.53. The average Bonchev–Trinajstić information content (AvgIpc) is 3.28. The molecule has 1 aliphatic heterocycles. The lowest BCUT2D eigenvalue weighted by atomic mass is 10.0.